The van der Waals surface area contributed by atoms with E-state index >= 15 is 0 Å². The second-order valence-corrected chi connectivity index (χ2v) is 9.28. The molecule has 1 saturated heterocycles. The molecule has 1 N–H and O–H groups in total. The number of piperazine rings is 1. The summed E-state index contributed by atoms with van der Waals surface area (Å²) < 4.78 is 11.3. The van der Waals surface area contributed by atoms with Crippen LogP contribution in [0.2, 0.25) is 5.02 Å². The predicted octanol–water partition coefficient (Wildman–Crippen LogP) is 4.35. The number of thiophene rings is 1. The van der Waals surface area contributed by atoms with Crippen LogP contribution >= 0.6 is 35.2 Å². The Kier molecular flexibility index (Phi) is 5.69. The van der Waals surface area contributed by atoms with Gasteiger partial charge in [-0.2, -0.15) is 0 Å². The summed E-state index contributed by atoms with van der Waals surface area (Å²) in [6.45, 7) is 2.30. The lowest BCUT2D eigenvalue weighted by Crippen LogP contribution is -2.51. The van der Waals surface area contributed by atoms with E-state index in [0.717, 1.165) is 5.69 Å². The second-order valence-electron chi connectivity index (χ2n) is 7.46. The normalized spacial score (nSPS) is 15.1. The van der Waals surface area contributed by atoms with Gasteiger partial charge in [0, 0.05) is 60.2 Å². The molecular formula is C21H17ClN4O5S2. The minimum absolute atomic E-state index is 0.0310. The first kappa shape index (κ1) is 21.7. The largest absolute Gasteiger partial charge is 0.454 e. The fraction of sp³-hybridized carbons (Fsp3) is 0.238. The number of nitro benzene ring substituents is 1. The number of hydrogen-bond acceptors (Lipinski definition) is 7. The fourth-order valence-corrected chi connectivity index (χ4v) is 5.55. The number of carbonyl (C=O) groups excluding carboxylic acids is 1. The summed E-state index contributed by atoms with van der Waals surface area (Å²) in [5, 5.41) is 15.8. The van der Waals surface area contributed by atoms with E-state index in [0.29, 0.717) is 62.8 Å². The molecule has 1 aromatic heterocycles. The molecular weight excluding hydrogens is 488 g/mol. The Bertz CT molecular complexity index is 1290. The highest BCUT2D eigenvalue weighted by Gasteiger charge is 2.27. The van der Waals surface area contributed by atoms with Crippen molar-refractivity contribution in [2.45, 2.75) is 0 Å². The molecule has 2 aromatic carbocycles. The van der Waals surface area contributed by atoms with Gasteiger partial charge in [0.25, 0.3) is 11.6 Å². The number of nitro groups is 1. The number of amides is 1. The second kappa shape index (κ2) is 8.65. The van der Waals surface area contributed by atoms with Crippen molar-refractivity contribution in [3.8, 4) is 11.5 Å². The number of thiocarbonyl (C=S) groups is 1. The summed E-state index contributed by atoms with van der Waals surface area (Å²) >= 11 is 13.2. The van der Waals surface area contributed by atoms with Crippen molar-refractivity contribution in [1.82, 2.24) is 9.80 Å². The summed E-state index contributed by atoms with van der Waals surface area (Å²) in [4.78, 5) is 27.8. The number of ether oxygens (including phenoxy) is 2. The molecule has 33 heavy (non-hydrogen) atoms. The maximum atomic E-state index is 13.1. The summed E-state index contributed by atoms with van der Waals surface area (Å²) in [6.07, 6.45) is 0. The van der Waals surface area contributed by atoms with E-state index in [1.165, 1.54) is 23.5 Å². The highest BCUT2D eigenvalue weighted by Crippen LogP contribution is 2.38. The Morgan fingerprint density at radius 1 is 1.09 bits per heavy atom. The van der Waals surface area contributed by atoms with E-state index in [4.69, 9.17) is 33.3 Å². The monoisotopic (exact) mass is 504 g/mol. The zero-order valence-electron chi connectivity index (χ0n) is 17.1. The van der Waals surface area contributed by atoms with Crippen molar-refractivity contribution >= 4 is 67.6 Å². The first-order valence-electron chi connectivity index (χ1n) is 10.0. The number of fused-ring (bicyclic) bond motifs is 2. The molecule has 0 bridgehead atoms. The minimum atomic E-state index is -0.464. The third kappa shape index (κ3) is 4.14. The van der Waals surface area contributed by atoms with Gasteiger partial charge < -0.3 is 24.6 Å². The van der Waals surface area contributed by atoms with Crippen molar-refractivity contribution in [3.05, 3.63) is 56.4 Å². The summed E-state index contributed by atoms with van der Waals surface area (Å²) in [7, 11) is 0. The quantitative estimate of drug-likeness (QED) is 0.319. The van der Waals surface area contributed by atoms with Crippen LogP contribution in [0.25, 0.3) is 10.1 Å². The topological polar surface area (TPSA) is 97.2 Å². The number of anilines is 1. The lowest BCUT2D eigenvalue weighted by Gasteiger charge is -2.36. The number of non-ortho nitro benzene ring substituents is 1. The number of carbonyl (C=O) groups is 1. The van der Waals surface area contributed by atoms with Crippen molar-refractivity contribution in [2.75, 3.05) is 38.3 Å². The van der Waals surface area contributed by atoms with E-state index in [1.807, 2.05) is 23.1 Å². The van der Waals surface area contributed by atoms with E-state index < -0.39 is 4.92 Å². The molecule has 1 fully saturated rings. The molecule has 3 aromatic rings. The molecule has 0 spiro atoms. The van der Waals surface area contributed by atoms with E-state index in [9.17, 15) is 14.9 Å². The average Bonchev–Trinajstić information content (AvgIpc) is 3.42. The molecule has 0 atom stereocenters. The van der Waals surface area contributed by atoms with Crippen LogP contribution in [-0.4, -0.2) is 58.7 Å². The van der Waals surface area contributed by atoms with Gasteiger partial charge in [0.1, 0.15) is 4.88 Å². The fourth-order valence-electron chi connectivity index (χ4n) is 3.74. The number of halogens is 1. The van der Waals surface area contributed by atoms with Crippen LogP contribution in [-0.2, 0) is 0 Å². The smallest absolute Gasteiger partial charge is 0.270 e. The zero-order chi connectivity index (χ0) is 23.1. The van der Waals surface area contributed by atoms with Gasteiger partial charge in [0.2, 0.25) is 6.79 Å². The van der Waals surface area contributed by atoms with E-state index in [-0.39, 0.29) is 18.4 Å². The highest BCUT2D eigenvalue weighted by molar-refractivity contribution is 7.80. The maximum absolute atomic E-state index is 13.1. The molecule has 5 rings (SSSR count). The van der Waals surface area contributed by atoms with Crippen molar-refractivity contribution in [1.29, 1.82) is 0 Å². The lowest BCUT2D eigenvalue weighted by atomic mass is 10.2. The number of benzene rings is 2. The molecule has 0 aliphatic carbocycles. The van der Waals surface area contributed by atoms with Gasteiger partial charge in [0.05, 0.1) is 9.95 Å². The van der Waals surface area contributed by atoms with E-state index in [2.05, 4.69) is 5.32 Å². The molecule has 0 radical (unpaired) electrons. The van der Waals surface area contributed by atoms with Gasteiger partial charge >= 0.3 is 0 Å². The number of hydrogen-bond donors (Lipinski definition) is 1. The van der Waals surface area contributed by atoms with Crippen LogP contribution in [0.1, 0.15) is 9.67 Å². The van der Waals surface area contributed by atoms with Gasteiger partial charge in [0.15, 0.2) is 16.6 Å². The summed E-state index contributed by atoms with van der Waals surface area (Å²) in [6, 6.07) is 9.95. The number of nitrogens with one attached hydrogen (secondary N) is 1. The zero-order valence-corrected chi connectivity index (χ0v) is 19.5. The third-order valence-electron chi connectivity index (χ3n) is 5.50. The highest BCUT2D eigenvalue weighted by atomic mass is 35.5. The first-order chi connectivity index (χ1) is 15.9. The Morgan fingerprint density at radius 2 is 1.82 bits per heavy atom. The van der Waals surface area contributed by atoms with Gasteiger partial charge in [-0.05, 0) is 30.4 Å². The number of nitrogens with zero attached hydrogens (tertiary/aromatic N) is 3. The van der Waals surface area contributed by atoms with E-state index in [1.54, 1.807) is 11.0 Å². The molecule has 2 aliphatic heterocycles. The van der Waals surface area contributed by atoms with Crippen molar-refractivity contribution < 1.29 is 19.2 Å². The average molecular weight is 505 g/mol. The summed E-state index contributed by atoms with van der Waals surface area (Å²) in [5.74, 6) is 1.19. The van der Waals surface area contributed by atoms with Crippen molar-refractivity contribution in [2.24, 2.45) is 0 Å². The molecule has 0 unspecified atom stereocenters. The van der Waals surface area contributed by atoms with Crippen LogP contribution in [0, 0.1) is 10.1 Å². The molecule has 0 saturated carbocycles. The third-order valence-corrected chi connectivity index (χ3v) is 7.50. The Morgan fingerprint density at radius 3 is 2.58 bits per heavy atom. The van der Waals surface area contributed by atoms with Gasteiger partial charge in [-0.15, -0.1) is 11.3 Å². The van der Waals surface area contributed by atoms with Crippen LogP contribution in [0.5, 0.6) is 11.5 Å². The molecule has 170 valence electrons. The van der Waals surface area contributed by atoms with Crippen LogP contribution in [0.4, 0.5) is 11.4 Å². The Labute approximate surface area is 202 Å². The SMILES string of the molecule is O=C(c1sc2cc([N+](=O)[O-])ccc2c1Cl)N1CCN(C(=S)Nc2ccc3c(c2)OCO3)CC1. The van der Waals surface area contributed by atoms with Crippen LogP contribution in [0.3, 0.4) is 0 Å². The van der Waals surface area contributed by atoms with Gasteiger partial charge in [-0.3, -0.25) is 14.9 Å². The molecule has 1 amide bonds. The lowest BCUT2D eigenvalue weighted by molar-refractivity contribution is -0.384. The maximum Gasteiger partial charge on any atom is 0.270 e. The van der Waals surface area contributed by atoms with Crippen molar-refractivity contribution in [3.63, 3.8) is 0 Å². The first-order valence-corrected chi connectivity index (χ1v) is 11.6. The molecule has 12 heteroatoms. The Balaban J connectivity index is 1.23. The molecule has 9 nitrogen and oxygen atoms in total. The standard InChI is InChI=1S/C21H17ClN4O5S2/c22-18-14-3-2-13(26(28)29)10-17(14)33-19(18)20(27)24-5-7-25(8-6-24)21(32)23-12-1-4-15-16(9-12)31-11-30-15/h1-4,9-10H,5-8,11H2,(H,23,32). The Hall–Kier alpha value is -3.15. The predicted molar refractivity (Wildman–Crippen MR) is 130 cm³/mol. The minimum Gasteiger partial charge on any atom is -0.454 e. The molecule has 3 heterocycles. The number of rotatable bonds is 3. The van der Waals surface area contributed by atoms with Crippen LogP contribution in [0.15, 0.2) is 36.4 Å². The van der Waals surface area contributed by atoms with Gasteiger partial charge in [-0.25, -0.2) is 0 Å². The summed E-state index contributed by atoms with van der Waals surface area (Å²) in [5.41, 5.74) is 0.769. The molecule has 2 aliphatic rings. The van der Waals surface area contributed by atoms with Crippen LogP contribution < -0.4 is 14.8 Å². The van der Waals surface area contributed by atoms with Gasteiger partial charge in [-0.1, -0.05) is 11.6 Å².